The minimum atomic E-state index is -0.386. The fraction of sp³-hybridized carbons (Fsp3) is 0.133. The summed E-state index contributed by atoms with van der Waals surface area (Å²) in [4.78, 5) is 12.5. The van der Waals surface area contributed by atoms with Crippen LogP contribution in [0.2, 0.25) is 0 Å². The summed E-state index contributed by atoms with van der Waals surface area (Å²) in [6.45, 7) is 1.84. The lowest BCUT2D eigenvalue weighted by molar-refractivity contribution is -0.384. The number of anilines is 2. The summed E-state index contributed by atoms with van der Waals surface area (Å²) in [6, 6.07) is 14.0. The molecule has 0 unspecified atom stereocenters. The van der Waals surface area contributed by atoms with Crippen LogP contribution in [0.1, 0.15) is 11.1 Å². The molecule has 0 aliphatic rings. The van der Waals surface area contributed by atoms with Crippen molar-refractivity contribution in [2.24, 2.45) is 0 Å². The maximum Gasteiger partial charge on any atom is 0.293 e. The Labute approximate surface area is 116 Å². The molecule has 0 aliphatic heterocycles. The second kappa shape index (κ2) is 5.41. The second-order valence-corrected chi connectivity index (χ2v) is 4.42. The monoisotopic (exact) mass is 267 g/mol. The van der Waals surface area contributed by atoms with Gasteiger partial charge >= 0.3 is 0 Å². The van der Waals surface area contributed by atoms with Crippen LogP contribution in [0.5, 0.6) is 0 Å². The van der Waals surface area contributed by atoms with Gasteiger partial charge in [-0.1, -0.05) is 12.1 Å². The minimum Gasteiger partial charge on any atom is -0.339 e. The molecule has 0 fully saturated rings. The fourth-order valence-corrected chi connectivity index (χ4v) is 2.12. The molecule has 0 aliphatic carbocycles. The van der Waals surface area contributed by atoms with Gasteiger partial charge < -0.3 is 4.90 Å². The molecule has 0 heterocycles. The van der Waals surface area contributed by atoms with E-state index in [0.717, 1.165) is 11.3 Å². The van der Waals surface area contributed by atoms with Gasteiger partial charge in [-0.15, -0.1) is 0 Å². The van der Waals surface area contributed by atoms with Crippen molar-refractivity contribution in [2.75, 3.05) is 11.9 Å². The van der Waals surface area contributed by atoms with Crippen molar-refractivity contribution in [3.63, 3.8) is 0 Å². The highest BCUT2D eigenvalue weighted by Gasteiger charge is 2.19. The summed E-state index contributed by atoms with van der Waals surface area (Å²) >= 11 is 0. The van der Waals surface area contributed by atoms with E-state index in [2.05, 4.69) is 0 Å². The highest BCUT2D eigenvalue weighted by molar-refractivity contribution is 5.74. The number of para-hydroxylation sites is 1. The van der Waals surface area contributed by atoms with Crippen LogP contribution in [0.4, 0.5) is 17.1 Å². The second-order valence-electron chi connectivity index (χ2n) is 4.42. The van der Waals surface area contributed by atoms with E-state index in [9.17, 15) is 10.1 Å². The van der Waals surface area contributed by atoms with Gasteiger partial charge in [0.05, 0.1) is 16.6 Å². The molecule has 0 N–H and O–H groups in total. The van der Waals surface area contributed by atoms with Gasteiger partial charge in [0.2, 0.25) is 0 Å². The first-order valence-electron chi connectivity index (χ1n) is 6.02. The number of nitro groups is 1. The van der Waals surface area contributed by atoms with Crippen LogP contribution >= 0.6 is 0 Å². The molecule has 2 aromatic rings. The van der Waals surface area contributed by atoms with Crippen LogP contribution in [-0.4, -0.2) is 12.0 Å². The van der Waals surface area contributed by atoms with Crippen molar-refractivity contribution in [3.05, 3.63) is 63.7 Å². The molecular formula is C15H13N3O2. The largest absolute Gasteiger partial charge is 0.339 e. The highest BCUT2D eigenvalue weighted by atomic mass is 16.6. The molecule has 0 atom stereocenters. The number of aryl methyl sites for hydroxylation is 1. The Morgan fingerprint density at radius 3 is 2.40 bits per heavy atom. The molecule has 0 amide bonds. The van der Waals surface area contributed by atoms with Crippen LogP contribution < -0.4 is 4.90 Å². The summed E-state index contributed by atoms with van der Waals surface area (Å²) in [7, 11) is 1.77. The Bertz CT molecular complexity index is 687. The Morgan fingerprint density at radius 2 is 1.85 bits per heavy atom. The van der Waals surface area contributed by atoms with E-state index in [1.54, 1.807) is 42.3 Å². The van der Waals surface area contributed by atoms with E-state index in [0.29, 0.717) is 11.3 Å². The van der Waals surface area contributed by atoms with E-state index in [4.69, 9.17) is 5.26 Å². The zero-order valence-corrected chi connectivity index (χ0v) is 11.2. The summed E-state index contributed by atoms with van der Waals surface area (Å²) in [5.41, 5.74) is 2.80. The zero-order valence-electron chi connectivity index (χ0n) is 11.2. The Morgan fingerprint density at radius 1 is 1.20 bits per heavy atom. The number of benzene rings is 2. The van der Waals surface area contributed by atoms with Crippen LogP contribution in [-0.2, 0) is 0 Å². The molecule has 2 rings (SSSR count). The molecule has 0 spiro atoms. The van der Waals surface area contributed by atoms with E-state index < -0.39 is 0 Å². The number of nitriles is 1. The highest BCUT2D eigenvalue weighted by Crippen LogP contribution is 2.35. The van der Waals surface area contributed by atoms with Crippen molar-refractivity contribution >= 4 is 17.1 Å². The molecule has 0 saturated heterocycles. The van der Waals surface area contributed by atoms with Crippen molar-refractivity contribution in [1.29, 1.82) is 5.26 Å². The normalized spacial score (nSPS) is 9.85. The van der Waals surface area contributed by atoms with Gasteiger partial charge in [0.1, 0.15) is 5.69 Å². The Balaban J connectivity index is 2.50. The summed E-state index contributed by atoms with van der Waals surface area (Å²) in [5.74, 6) is 0. The first kappa shape index (κ1) is 13.6. The lowest BCUT2D eigenvalue weighted by atomic mass is 10.1. The third-order valence-corrected chi connectivity index (χ3v) is 3.13. The van der Waals surface area contributed by atoms with Gasteiger partial charge in [0, 0.05) is 18.8 Å². The average Bonchev–Trinajstić information content (AvgIpc) is 2.46. The van der Waals surface area contributed by atoms with Gasteiger partial charge in [0.25, 0.3) is 5.69 Å². The van der Waals surface area contributed by atoms with Crippen LogP contribution in [0.25, 0.3) is 0 Å². The van der Waals surface area contributed by atoms with Crippen LogP contribution in [0.15, 0.2) is 42.5 Å². The molecule has 0 bridgehead atoms. The molecule has 5 nitrogen and oxygen atoms in total. The van der Waals surface area contributed by atoms with Crippen molar-refractivity contribution in [1.82, 2.24) is 0 Å². The molecule has 0 saturated carbocycles. The van der Waals surface area contributed by atoms with Crippen LogP contribution in [0, 0.1) is 28.4 Å². The summed E-state index contributed by atoms with van der Waals surface area (Å²) in [5, 5.41) is 19.9. The molecule has 0 aromatic heterocycles. The van der Waals surface area contributed by atoms with Gasteiger partial charge in [-0.2, -0.15) is 5.26 Å². The smallest absolute Gasteiger partial charge is 0.293 e. The first-order chi connectivity index (χ1) is 9.54. The minimum absolute atomic E-state index is 0.0665. The van der Waals surface area contributed by atoms with Crippen molar-refractivity contribution in [3.8, 4) is 6.07 Å². The number of rotatable bonds is 3. The van der Waals surface area contributed by atoms with Crippen molar-refractivity contribution < 1.29 is 4.92 Å². The summed E-state index contributed by atoms with van der Waals surface area (Å²) < 4.78 is 0. The Kier molecular flexibility index (Phi) is 3.67. The predicted octanol–water partition coefficient (Wildman–Crippen LogP) is 3.54. The molecule has 20 heavy (non-hydrogen) atoms. The van der Waals surface area contributed by atoms with Gasteiger partial charge in [-0.3, -0.25) is 10.1 Å². The molecule has 2 aromatic carbocycles. The summed E-state index contributed by atoms with van der Waals surface area (Å²) in [6.07, 6.45) is 0. The zero-order chi connectivity index (χ0) is 14.7. The standard InChI is InChI=1S/C15H13N3O2/c1-11-4-3-5-14(18(19)20)15(11)17(2)13-8-6-12(10-16)7-9-13/h3-9H,1-2H3. The van der Waals surface area contributed by atoms with E-state index in [-0.39, 0.29) is 10.6 Å². The SMILES string of the molecule is Cc1cccc([N+](=O)[O-])c1N(C)c1ccc(C#N)cc1. The van der Waals surface area contributed by atoms with E-state index in [1.807, 2.05) is 19.1 Å². The number of hydrogen-bond donors (Lipinski definition) is 0. The van der Waals surface area contributed by atoms with Gasteiger partial charge in [0.15, 0.2) is 0 Å². The average molecular weight is 267 g/mol. The quantitative estimate of drug-likeness (QED) is 0.630. The number of hydrogen-bond acceptors (Lipinski definition) is 4. The topological polar surface area (TPSA) is 70.2 Å². The number of nitrogens with zero attached hydrogens (tertiary/aromatic N) is 3. The molecule has 0 radical (unpaired) electrons. The van der Waals surface area contributed by atoms with Crippen molar-refractivity contribution in [2.45, 2.75) is 6.92 Å². The van der Waals surface area contributed by atoms with E-state index >= 15 is 0 Å². The lowest BCUT2D eigenvalue weighted by Gasteiger charge is -2.21. The van der Waals surface area contributed by atoms with Gasteiger partial charge in [-0.25, -0.2) is 0 Å². The lowest BCUT2D eigenvalue weighted by Crippen LogP contribution is -2.13. The molecule has 100 valence electrons. The molecular weight excluding hydrogens is 254 g/mol. The first-order valence-corrected chi connectivity index (χ1v) is 6.02. The maximum atomic E-state index is 11.1. The van der Waals surface area contributed by atoms with Crippen LogP contribution in [0.3, 0.4) is 0 Å². The maximum absolute atomic E-state index is 11.1. The Hall–Kier alpha value is -2.87. The third kappa shape index (κ3) is 2.45. The third-order valence-electron chi connectivity index (χ3n) is 3.13. The van der Waals surface area contributed by atoms with E-state index in [1.165, 1.54) is 6.07 Å². The fourth-order valence-electron chi connectivity index (χ4n) is 2.12. The predicted molar refractivity (Wildman–Crippen MR) is 77.1 cm³/mol. The van der Waals surface area contributed by atoms with Gasteiger partial charge in [-0.05, 0) is 36.8 Å². The number of nitro benzene ring substituents is 1. The molecule has 5 heteroatoms.